The fraction of sp³-hybridized carbons (Fsp3) is 0.100. The molecule has 0 bridgehead atoms. The van der Waals surface area contributed by atoms with E-state index in [4.69, 9.17) is 11.6 Å². The van der Waals surface area contributed by atoms with Crippen molar-refractivity contribution < 1.29 is 0 Å². The third-order valence-corrected chi connectivity index (χ3v) is 2.16. The van der Waals surface area contributed by atoms with Gasteiger partial charge in [-0.3, -0.25) is 4.98 Å². The van der Waals surface area contributed by atoms with E-state index in [0.717, 1.165) is 16.1 Å². The highest BCUT2D eigenvalue weighted by molar-refractivity contribution is 14.0. The molecule has 3 heteroatoms. The van der Waals surface area contributed by atoms with Crippen molar-refractivity contribution in [2.24, 2.45) is 0 Å². The van der Waals surface area contributed by atoms with Crippen LogP contribution in [0.2, 0.25) is 5.02 Å². The van der Waals surface area contributed by atoms with Crippen molar-refractivity contribution >= 4 is 46.4 Å². The summed E-state index contributed by atoms with van der Waals surface area (Å²) in [5, 5.41) is 3.09. The number of rotatable bonds is 0. The third-order valence-electron chi connectivity index (χ3n) is 1.93. The van der Waals surface area contributed by atoms with E-state index in [0.29, 0.717) is 0 Å². The van der Waals surface area contributed by atoms with Gasteiger partial charge in [0.05, 0.1) is 0 Å². The van der Waals surface area contributed by atoms with Crippen LogP contribution in [0.5, 0.6) is 0 Å². The SMILES string of the molecule is Cc1nccc2cc(Cl)ccc12.I. The molecule has 0 radical (unpaired) electrons. The fourth-order valence-corrected chi connectivity index (χ4v) is 1.48. The van der Waals surface area contributed by atoms with Gasteiger partial charge in [-0.1, -0.05) is 17.7 Å². The van der Waals surface area contributed by atoms with Crippen molar-refractivity contribution in [2.75, 3.05) is 0 Å². The minimum atomic E-state index is 0. The Morgan fingerprint density at radius 1 is 1.23 bits per heavy atom. The van der Waals surface area contributed by atoms with Crippen molar-refractivity contribution in [3.8, 4) is 0 Å². The number of aromatic nitrogens is 1. The van der Waals surface area contributed by atoms with Gasteiger partial charge >= 0.3 is 0 Å². The zero-order chi connectivity index (χ0) is 8.55. The van der Waals surface area contributed by atoms with Gasteiger partial charge in [0, 0.05) is 22.3 Å². The summed E-state index contributed by atoms with van der Waals surface area (Å²) in [5.74, 6) is 0. The lowest BCUT2D eigenvalue weighted by atomic mass is 10.1. The molecule has 0 aliphatic heterocycles. The molecular formula is C10H9ClIN. The molecule has 0 aliphatic carbocycles. The van der Waals surface area contributed by atoms with Crippen LogP contribution in [0.4, 0.5) is 0 Å². The molecule has 0 saturated carbocycles. The smallest absolute Gasteiger partial charge is 0.0450 e. The lowest BCUT2D eigenvalue weighted by Crippen LogP contribution is -1.81. The third kappa shape index (κ3) is 2.11. The summed E-state index contributed by atoms with van der Waals surface area (Å²) < 4.78 is 0. The normalized spacial score (nSPS) is 9.69. The van der Waals surface area contributed by atoms with Crippen LogP contribution < -0.4 is 0 Å². The molecular weight excluding hydrogens is 296 g/mol. The maximum absolute atomic E-state index is 5.85. The molecule has 0 N–H and O–H groups in total. The van der Waals surface area contributed by atoms with Crippen molar-refractivity contribution in [2.45, 2.75) is 6.92 Å². The van der Waals surface area contributed by atoms with Crippen LogP contribution >= 0.6 is 35.6 Å². The zero-order valence-electron chi connectivity index (χ0n) is 7.12. The number of fused-ring (bicyclic) bond motifs is 1. The Kier molecular flexibility index (Phi) is 3.50. The van der Waals surface area contributed by atoms with Crippen LogP contribution in [0, 0.1) is 6.92 Å². The Bertz CT molecular complexity index is 428. The first-order valence-corrected chi connectivity index (χ1v) is 4.16. The van der Waals surface area contributed by atoms with Crippen molar-refractivity contribution in [3.63, 3.8) is 0 Å². The molecule has 1 heterocycles. The first kappa shape index (κ1) is 10.7. The molecule has 0 spiro atoms. The van der Waals surface area contributed by atoms with Gasteiger partial charge in [-0.25, -0.2) is 0 Å². The molecule has 2 aromatic rings. The quantitative estimate of drug-likeness (QED) is 0.674. The lowest BCUT2D eigenvalue weighted by molar-refractivity contribution is 1.24. The first-order valence-electron chi connectivity index (χ1n) is 3.78. The number of hydrogen-bond donors (Lipinski definition) is 0. The van der Waals surface area contributed by atoms with Crippen LogP contribution in [-0.2, 0) is 0 Å². The molecule has 0 atom stereocenters. The zero-order valence-corrected chi connectivity index (χ0v) is 10.2. The Hall–Kier alpha value is -0.350. The van der Waals surface area contributed by atoms with Crippen molar-refractivity contribution in [3.05, 3.63) is 41.2 Å². The van der Waals surface area contributed by atoms with Crippen LogP contribution in [0.3, 0.4) is 0 Å². The summed E-state index contributed by atoms with van der Waals surface area (Å²) in [7, 11) is 0. The Labute approximate surface area is 99.1 Å². The molecule has 68 valence electrons. The highest BCUT2D eigenvalue weighted by Crippen LogP contribution is 2.20. The first-order chi connectivity index (χ1) is 5.77. The van der Waals surface area contributed by atoms with E-state index < -0.39 is 0 Å². The van der Waals surface area contributed by atoms with Gasteiger partial charge in [0.2, 0.25) is 0 Å². The minimum Gasteiger partial charge on any atom is -0.261 e. The van der Waals surface area contributed by atoms with Crippen LogP contribution in [0.1, 0.15) is 5.69 Å². The summed E-state index contributed by atoms with van der Waals surface area (Å²) in [6.45, 7) is 2.00. The van der Waals surface area contributed by atoms with E-state index in [2.05, 4.69) is 4.98 Å². The Balaban J connectivity index is 0.000000845. The van der Waals surface area contributed by atoms with Gasteiger partial charge in [0.25, 0.3) is 0 Å². The van der Waals surface area contributed by atoms with Crippen LogP contribution in [-0.4, -0.2) is 4.98 Å². The van der Waals surface area contributed by atoms with Gasteiger partial charge < -0.3 is 0 Å². The molecule has 0 unspecified atom stereocenters. The number of halogens is 2. The predicted octanol–water partition coefficient (Wildman–Crippen LogP) is 3.81. The molecule has 2 rings (SSSR count). The summed E-state index contributed by atoms with van der Waals surface area (Å²) in [4.78, 5) is 4.19. The molecule has 0 saturated heterocycles. The second-order valence-corrected chi connectivity index (χ2v) is 3.20. The molecule has 1 nitrogen and oxygen atoms in total. The summed E-state index contributed by atoms with van der Waals surface area (Å²) in [6.07, 6.45) is 1.80. The van der Waals surface area contributed by atoms with Crippen LogP contribution in [0.25, 0.3) is 10.8 Å². The van der Waals surface area contributed by atoms with E-state index >= 15 is 0 Å². The number of hydrogen-bond acceptors (Lipinski definition) is 1. The largest absolute Gasteiger partial charge is 0.261 e. The summed E-state index contributed by atoms with van der Waals surface area (Å²) in [5.41, 5.74) is 1.05. The highest BCUT2D eigenvalue weighted by atomic mass is 127. The van der Waals surface area contributed by atoms with E-state index in [9.17, 15) is 0 Å². The van der Waals surface area contributed by atoms with Gasteiger partial charge in [-0.2, -0.15) is 0 Å². The molecule has 0 aliphatic rings. The lowest BCUT2D eigenvalue weighted by Gasteiger charge is -1.99. The second-order valence-electron chi connectivity index (χ2n) is 2.76. The topological polar surface area (TPSA) is 12.9 Å². The Morgan fingerprint density at radius 2 is 2.00 bits per heavy atom. The molecule has 0 amide bonds. The molecule has 0 fully saturated rings. The molecule has 1 aromatic carbocycles. The average Bonchev–Trinajstić information content (AvgIpc) is 2.04. The van der Waals surface area contributed by atoms with Crippen molar-refractivity contribution in [1.82, 2.24) is 4.98 Å². The number of nitrogens with zero attached hydrogens (tertiary/aromatic N) is 1. The van der Waals surface area contributed by atoms with E-state index in [1.807, 2.05) is 31.2 Å². The van der Waals surface area contributed by atoms with Gasteiger partial charge in [-0.05, 0) is 30.5 Å². The fourth-order valence-electron chi connectivity index (χ4n) is 1.30. The van der Waals surface area contributed by atoms with Crippen molar-refractivity contribution in [1.29, 1.82) is 0 Å². The minimum absolute atomic E-state index is 0. The maximum Gasteiger partial charge on any atom is 0.0450 e. The highest BCUT2D eigenvalue weighted by Gasteiger charge is 1.96. The van der Waals surface area contributed by atoms with Crippen LogP contribution in [0.15, 0.2) is 30.5 Å². The second kappa shape index (κ2) is 4.24. The number of aryl methyl sites for hydroxylation is 1. The standard InChI is InChI=1S/C10H8ClN.HI/c1-7-10-3-2-9(11)6-8(10)4-5-12-7;/h2-6H,1H3;1H. The summed E-state index contributed by atoms with van der Waals surface area (Å²) in [6, 6.07) is 7.80. The molecule has 13 heavy (non-hydrogen) atoms. The monoisotopic (exact) mass is 305 g/mol. The van der Waals surface area contributed by atoms with Gasteiger partial charge in [0.15, 0.2) is 0 Å². The van der Waals surface area contributed by atoms with Gasteiger partial charge in [-0.15, -0.1) is 24.0 Å². The maximum atomic E-state index is 5.85. The molecule has 1 aromatic heterocycles. The average molecular weight is 306 g/mol. The number of pyridine rings is 1. The van der Waals surface area contributed by atoms with E-state index in [1.54, 1.807) is 6.20 Å². The Morgan fingerprint density at radius 3 is 2.77 bits per heavy atom. The van der Waals surface area contributed by atoms with Gasteiger partial charge in [0.1, 0.15) is 0 Å². The summed E-state index contributed by atoms with van der Waals surface area (Å²) >= 11 is 5.85. The van der Waals surface area contributed by atoms with E-state index in [1.165, 1.54) is 5.39 Å². The van der Waals surface area contributed by atoms with E-state index in [-0.39, 0.29) is 24.0 Å². The predicted molar refractivity (Wildman–Crippen MR) is 66.9 cm³/mol. The number of benzene rings is 1.